The lowest BCUT2D eigenvalue weighted by molar-refractivity contribution is 0.0984. The van der Waals surface area contributed by atoms with Crippen LogP contribution in [-0.4, -0.2) is 42.3 Å². The number of ether oxygens (including phenoxy) is 1. The van der Waals surface area contributed by atoms with E-state index in [9.17, 15) is 0 Å². The van der Waals surface area contributed by atoms with Gasteiger partial charge in [-0.15, -0.1) is 12.4 Å². The number of nitrogens with zero attached hydrogens (tertiary/aromatic N) is 3. The molecule has 7 heteroatoms. The van der Waals surface area contributed by atoms with Gasteiger partial charge in [0.1, 0.15) is 5.82 Å². The topological polar surface area (TPSA) is 50.3 Å². The zero-order valence-electron chi connectivity index (χ0n) is 10.9. The number of anilines is 1. The van der Waals surface area contributed by atoms with Crippen LogP contribution >= 0.6 is 24.0 Å². The number of nitrogens with one attached hydrogen (secondary N) is 1. The monoisotopic (exact) mass is 304 g/mol. The molecule has 0 aromatic carbocycles. The second-order valence-electron chi connectivity index (χ2n) is 4.79. The number of rotatable bonds is 1. The third-order valence-electron chi connectivity index (χ3n) is 3.53. The molecule has 1 N–H and O–H groups in total. The first-order valence-corrected chi connectivity index (χ1v) is 6.74. The Labute approximate surface area is 124 Å². The Morgan fingerprint density at radius 3 is 3.05 bits per heavy atom. The van der Waals surface area contributed by atoms with Crippen molar-refractivity contribution in [2.24, 2.45) is 0 Å². The van der Waals surface area contributed by atoms with Crippen LogP contribution < -0.4 is 10.2 Å². The van der Waals surface area contributed by atoms with Gasteiger partial charge < -0.3 is 15.0 Å². The first kappa shape index (κ1) is 14.8. The van der Waals surface area contributed by atoms with E-state index in [1.807, 2.05) is 0 Å². The van der Waals surface area contributed by atoms with Crippen LogP contribution in [0.3, 0.4) is 0 Å². The van der Waals surface area contributed by atoms with Crippen LogP contribution in [0.2, 0.25) is 5.28 Å². The SMILES string of the molecule is C[C@H]1COCCN1c1nc(Cl)nc2c1CCNC2.Cl. The highest BCUT2D eigenvalue weighted by atomic mass is 35.5. The zero-order valence-corrected chi connectivity index (χ0v) is 12.4. The summed E-state index contributed by atoms with van der Waals surface area (Å²) >= 11 is 6.04. The van der Waals surface area contributed by atoms with E-state index in [1.165, 1.54) is 5.56 Å². The fourth-order valence-corrected chi connectivity index (χ4v) is 2.77. The molecule has 0 bridgehead atoms. The minimum Gasteiger partial charge on any atom is -0.377 e. The van der Waals surface area contributed by atoms with Crippen molar-refractivity contribution in [1.29, 1.82) is 0 Å². The second-order valence-corrected chi connectivity index (χ2v) is 5.12. The fourth-order valence-electron chi connectivity index (χ4n) is 2.59. The van der Waals surface area contributed by atoms with Crippen molar-refractivity contribution in [2.45, 2.75) is 25.9 Å². The number of hydrogen-bond acceptors (Lipinski definition) is 5. The van der Waals surface area contributed by atoms with Crippen molar-refractivity contribution in [3.05, 3.63) is 16.5 Å². The van der Waals surface area contributed by atoms with Crippen LogP contribution in [-0.2, 0) is 17.7 Å². The Kier molecular flexibility index (Phi) is 4.84. The summed E-state index contributed by atoms with van der Waals surface area (Å²) in [5.41, 5.74) is 2.28. The standard InChI is InChI=1S/C12H17ClN4O.ClH/c1-8-7-18-5-4-17(8)11-9-2-3-14-6-10(9)15-12(13)16-11;/h8,14H,2-7H2,1H3;1H/t8-;/m0./s1. The lowest BCUT2D eigenvalue weighted by atomic mass is 10.1. The van der Waals surface area contributed by atoms with Crippen LogP contribution in [0.4, 0.5) is 5.82 Å². The number of halogens is 2. The third-order valence-corrected chi connectivity index (χ3v) is 3.70. The maximum Gasteiger partial charge on any atom is 0.224 e. The molecule has 0 radical (unpaired) electrons. The predicted octanol–water partition coefficient (Wildman–Crippen LogP) is 1.42. The van der Waals surface area contributed by atoms with Crippen molar-refractivity contribution < 1.29 is 4.74 Å². The molecular weight excluding hydrogens is 287 g/mol. The van der Waals surface area contributed by atoms with E-state index in [4.69, 9.17) is 16.3 Å². The molecule has 0 unspecified atom stereocenters. The first-order chi connectivity index (χ1) is 8.75. The summed E-state index contributed by atoms with van der Waals surface area (Å²) in [6.07, 6.45) is 0.964. The van der Waals surface area contributed by atoms with Gasteiger partial charge in [0.25, 0.3) is 0 Å². The summed E-state index contributed by atoms with van der Waals surface area (Å²) in [5, 5.41) is 3.66. The number of fused-ring (bicyclic) bond motifs is 1. The molecule has 2 aliphatic rings. The van der Waals surface area contributed by atoms with Gasteiger partial charge in [0, 0.05) is 18.7 Å². The highest BCUT2D eigenvalue weighted by Gasteiger charge is 2.26. The smallest absolute Gasteiger partial charge is 0.224 e. The molecule has 3 rings (SSSR count). The van der Waals surface area contributed by atoms with Gasteiger partial charge in [-0.3, -0.25) is 0 Å². The molecule has 5 nitrogen and oxygen atoms in total. The average molecular weight is 305 g/mol. The highest BCUT2D eigenvalue weighted by Crippen LogP contribution is 2.27. The first-order valence-electron chi connectivity index (χ1n) is 6.36. The largest absolute Gasteiger partial charge is 0.377 e. The maximum absolute atomic E-state index is 6.04. The van der Waals surface area contributed by atoms with E-state index < -0.39 is 0 Å². The van der Waals surface area contributed by atoms with Gasteiger partial charge in [-0.2, -0.15) is 0 Å². The summed E-state index contributed by atoms with van der Waals surface area (Å²) in [7, 11) is 0. The minimum atomic E-state index is 0. The Bertz CT molecular complexity index is 458. The van der Waals surface area contributed by atoms with Crippen LogP contribution in [0.5, 0.6) is 0 Å². The summed E-state index contributed by atoms with van der Waals surface area (Å²) in [4.78, 5) is 11.1. The maximum atomic E-state index is 6.04. The van der Waals surface area contributed by atoms with E-state index >= 15 is 0 Å². The van der Waals surface area contributed by atoms with E-state index in [2.05, 4.69) is 27.1 Å². The molecule has 19 heavy (non-hydrogen) atoms. The summed E-state index contributed by atoms with van der Waals surface area (Å²) in [6.45, 7) is 6.28. The van der Waals surface area contributed by atoms with E-state index in [1.54, 1.807) is 0 Å². The molecule has 0 amide bonds. The van der Waals surface area contributed by atoms with Gasteiger partial charge in [-0.05, 0) is 31.5 Å². The quantitative estimate of drug-likeness (QED) is 0.795. The number of hydrogen-bond donors (Lipinski definition) is 1. The predicted molar refractivity (Wildman–Crippen MR) is 77.3 cm³/mol. The van der Waals surface area contributed by atoms with Crippen LogP contribution in [0.15, 0.2) is 0 Å². The van der Waals surface area contributed by atoms with Gasteiger partial charge in [0.15, 0.2) is 0 Å². The third kappa shape index (κ3) is 2.94. The summed E-state index contributed by atoms with van der Waals surface area (Å²) in [6, 6.07) is 0.337. The van der Waals surface area contributed by atoms with Gasteiger partial charge >= 0.3 is 0 Å². The molecule has 1 aromatic heterocycles. The van der Waals surface area contributed by atoms with Gasteiger partial charge in [0.2, 0.25) is 5.28 Å². The zero-order chi connectivity index (χ0) is 12.5. The van der Waals surface area contributed by atoms with E-state index in [-0.39, 0.29) is 12.4 Å². The molecule has 1 atom stereocenters. The molecule has 106 valence electrons. The van der Waals surface area contributed by atoms with Gasteiger partial charge in [0.05, 0.1) is 24.9 Å². The molecule has 0 saturated carbocycles. The Morgan fingerprint density at radius 2 is 2.26 bits per heavy atom. The van der Waals surface area contributed by atoms with Crippen LogP contribution in [0, 0.1) is 0 Å². The minimum absolute atomic E-state index is 0. The van der Waals surface area contributed by atoms with E-state index in [0.717, 1.165) is 50.8 Å². The number of morpholine rings is 1. The summed E-state index contributed by atoms with van der Waals surface area (Å²) < 4.78 is 5.48. The molecule has 1 aromatic rings. The molecular formula is C12H18Cl2N4O. The fraction of sp³-hybridized carbons (Fsp3) is 0.667. The van der Waals surface area contributed by atoms with Crippen molar-refractivity contribution in [2.75, 3.05) is 31.2 Å². The molecule has 3 heterocycles. The number of aromatic nitrogens is 2. The van der Waals surface area contributed by atoms with E-state index in [0.29, 0.717) is 11.3 Å². The van der Waals surface area contributed by atoms with Gasteiger partial charge in [-0.25, -0.2) is 9.97 Å². The normalized spacial score (nSPS) is 22.6. The van der Waals surface area contributed by atoms with Crippen molar-refractivity contribution in [3.63, 3.8) is 0 Å². The average Bonchev–Trinajstić information content (AvgIpc) is 2.38. The molecule has 1 saturated heterocycles. The Balaban J connectivity index is 0.00000133. The van der Waals surface area contributed by atoms with Gasteiger partial charge in [-0.1, -0.05) is 0 Å². The van der Waals surface area contributed by atoms with Crippen molar-refractivity contribution >= 4 is 29.8 Å². The van der Waals surface area contributed by atoms with Crippen molar-refractivity contribution in [1.82, 2.24) is 15.3 Å². The molecule has 1 fully saturated rings. The molecule has 0 aliphatic carbocycles. The highest BCUT2D eigenvalue weighted by molar-refractivity contribution is 6.28. The lowest BCUT2D eigenvalue weighted by Crippen LogP contribution is -2.45. The van der Waals surface area contributed by atoms with Crippen molar-refractivity contribution in [3.8, 4) is 0 Å². The Hall–Kier alpha value is -0.620. The lowest BCUT2D eigenvalue weighted by Gasteiger charge is -2.36. The summed E-state index contributed by atoms with van der Waals surface area (Å²) in [5.74, 6) is 1.00. The molecule has 0 spiro atoms. The molecule has 2 aliphatic heterocycles. The second kappa shape index (κ2) is 6.22. The van der Waals surface area contributed by atoms with Crippen LogP contribution in [0.1, 0.15) is 18.2 Å². The Morgan fingerprint density at radius 1 is 1.42 bits per heavy atom. The van der Waals surface area contributed by atoms with Crippen LogP contribution in [0.25, 0.3) is 0 Å².